The molecule has 0 saturated carbocycles. The SMILES string of the molecule is Cc1c(C(=O)NCc2ccccc2CN2CCOCC2)oc2ccccc12. The third-order valence-corrected chi connectivity index (χ3v) is 5.11. The van der Waals surface area contributed by atoms with Crippen molar-refractivity contribution in [2.75, 3.05) is 26.3 Å². The average molecular weight is 364 g/mol. The van der Waals surface area contributed by atoms with Gasteiger partial charge < -0.3 is 14.5 Å². The number of hydrogen-bond donors (Lipinski definition) is 1. The molecule has 2 heterocycles. The first-order valence-corrected chi connectivity index (χ1v) is 9.35. The molecular weight excluding hydrogens is 340 g/mol. The molecule has 1 amide bonds. The second-order valence-electron chi connectivity index (χ2n) is 6.89. The number of amides is 1. The maximum Gasteiger partial charge on any atom is 0.287 e. The number of nitrogens with zero attached hydrogens (tertiary/aromatic N) is 1. The van der Waals surface area contributed by atoms with E-state index in [9.17, 15) is 4.79 Å². The molecule has 1 aliphatic heterocycles. The number of carbonyl (C=O) groups is 1. The molecule has 1 aromatic heterocycles. The highest BCUT2D eigenvalue weighted by Gasteiger charge is 2.18. The van der Waals surface area contributed by atoms with Crippen LogP contribution in [0.3, 0.4) is 0 Å². The van der Waals surface area contributed by atoms with E-state index < -0.39 is 0 Å². The molecule has 1 saturated heterocycles. The summed E-state index contributed by atoms with van der Waals surface area (Å²) in [6.07, 6.45) is 0. The average Bonchev–Trinajstić information content (AvgIpc) is 3.05. The molecule has 0 bridgehead atoms. The summed E-state index contributed by atoms with van der Waals surface area (Å²) in [4.78, 5) is 15.1. The van der Waals surface area contributed by atoms with Gasteiger partial charge in [-0.1, -0.05) is 42.5 Å². The van der Waals surface area contributed by atoms with Crippen LogP contribution in [0.15, 0.2) is 52.9 Å². The normalized spacial score (nSPS) is 15.1. The van der Waals surface area contributed by atoms with Crippen LogP contribution in [0.25, 0.3) is 11.0 Å². The van der Waals surface area contributed by atoms with Crippen LogP contribution in [0, 0.1) is 6.92 Å². The van der Waals surface area contributed by atoms with E-state index in [0.29, 0.717) is 12.3 Å². The van der Waals surface area contributed by atoms with Crippen molar-refractivity contribution in [2.45, 2.75) is 20.0 Å². The van der Waals surface area contributed by atoms with Crippen molar-refractivity contribution in [3.05, 3.63) is 71.0 Å². The fourth-order valence-electron chi connectivity index (χ4n) is 3.53. The quantitative estimate of drug-likeness (QED) is 0.753. The second-order valence-corrected chi connectivity index (χ2v) is 6.89. The zero-order valence-corrected chi connectivity index (χ0v) is 15.5. The van der Waals surface area contributed by atoms with Crippen LogP contribution in [0.1, 0.15) is 27.2 Å². The summed E-state index contributed by atoms with van der Waals surface area (Å²) in [5, 5.41) is 4.00. The predicted octanol–water partition coefficient (Wildman–Crippen LogP) is 3.50. The minimum atomic E-state index is -0.176. The topological polar surface area (TPSA) is 54.7 Å². The van der Waals surface area contributed by atoms with Crippen molar-refractivity contribution in [3.8, 4) is 0 Å². The van der Waals surface area contributed by atoms with Crippen LogP contribution in [-0.4, -0.2) is 37.1 Å². The van der Waals surface area contributed by atoms with Crippen molar-refractivity contribution < 1.29 is 13.9 Å². The van der Waals surface area contributed by atoms with Gasteiger partial charge in [-0.2, -0.15) is 0 Å². The van der Waals surface area contributed by atoms with Gasteiger partial charge in [0.05, 0.1) is 13.2 Å². The Bertz CT molecular complexity index is 942. The zero-order valence-electron chi connectivity index (χ0n) is 15.5. The number of morpholine rings is 1. The summed E-state index contributed by atoms with van der Waals surface area (Å²) in [7, 11) is 0. The molecule has 0 aliphatic carbocycles. The van der Waals surface area contributed by atoms with Gasteiger partial charge in [-0.3, -0.25) is 9.69 Å². The lowest BCUT2D eigenvalue weighted by Gasteiger charge is -2.27. The first-order chi connectivity index (χ1) is 13.2. The lowest BCUT2D eigenvalue weighted by atomic mass is 10.1. The Morgan fingerprint density at radius 2 is 1.74 bits per heavy atom. The van der Waals surface area contributed by atoms with E-state index in [1.165, 1.54) is 5.56 Å². The number of aryl methyl sites for hydroxylation is 1. The van der Waals surface area contributed by atoms with E-state index in [1.54, 1.807) is 0 Å². The molecule has 0 unspecified atom stereocenters. The van der Waals surface area contributed by atoms with Crippen LogP contribution in [0.5, 0.6) is 0 Å². The van der Waals surface area contributed by atoms with Crippen LogP contribution in [0.2, 0.25) is 0 Å². The fourth-order valence-corrected chi connectivity index (χ4v) is 3.53. The molecule has 0 atom stereocenters. The molecule has 1 aliphatic rings. The van der Waals surface area contributed by atoms with Gasteiger partial charge in [0.15, 0.2) is 5.76 Å². The van der Waals surface area contributed by atoms with Gasteiger partial charge in [0, 0.05) is 37.1 Å². The van der Waals surface area contributed by atoms with Crippen LogP contribution in [0.4, 0.5) is 0 Å². The molecule has 4 rings (SSSR count). The number of benzene rings is 2. The lowest BCUT2D eigenvalue weighted by Crippen LogP contribution is -2.36. The van der Waals surface area contributed by atoms with Crippen LogP contribution in [-0.2, 0) is 17.8 Å². The van der Waals surface area contributed by atoms with Gasteiger partial charge in [0.2, 0.25) is 0 Å². The van der Waals surface area contributed by atoms with Crippen molar-refractivity contribution in [1.82, 2.24) is 10.2 Å². The highest BCUT2D eigenvalue weighted by molar-refractivity contribution is 5.98. The minimum absolute atomic E-state index is 0.176. The molecule has 0 radical (unpaired) electrons. The second kappa shape index (κ2) is 7.94. The summed E-state index contributed by atoms with van der Waals surface area (Å²) in [5.41, 5.74) is 3.99. The summed E-state index contributed by atoms with van der Waals surface area (Å²) in [6.45, 7) is 6.73. The molecule has 5 nitrogen and oxygen atoms in total. The fraction of sp³-hybridized carbons (Fsp3) is 0.318. The monoisotopic (exact) mass is 364 g/mol. The van der Waals surface area contributed by atoms with Crippen molar-refractivity contribution in [2.24, 2.45) is 0 Å². The van der Waals surface area contributed by atoms with E-state index in [0.717, 1.165) is 54.9 Å². The molecule has 3 aromatic rings. The molecule has 0 spiro atoms. The number of rotatable bonds is 5. The minimum Gasteiger partial charge on any atom is -0.451 e. The largest absolute Gasteiger partial charge is 0.451 e. The molecule has 140 valence electrons. The maximum atomic E-state index is 12.7. The third-order valence-electron chi connectivity index (χ3n) is 5.11. The van der Waals surface area contributed by atoms with Gasteiger partial charge in [-0.25, -0.2) is 0 Å². The van der Waals surface area contributed by atoms with Gasteiger partial charge in [-0.15, -0.1) is 0 Å². The first-order valence-electron chi connectivity index (χ1n) is 9.35. The molecule has 27 heavy (non-hydrogen) atoms. The van der Waals surface area contributed by atoms with Crippen molar-refractivity contribution in [3.63, 3.8) is 0 Å². The van der Waals surface area contributed by atoms with E-state index in [1.807, 2.05) is 43.3 Å². The number of hydrogen-bond acceptors (Lipinski definition) is 4. The summed E-state index contributed by atoms with van der Waals surface area (Å²) in [6, 6.07) is 16.0. The van der Waals surface area contributed by atoms with Crippen molar-refractivity contribution >= 4 is 16.9 Å². The summed E-state index contributed by atoms with van der Waals surface area (Å²) < 4.78 is 11.2. The number of ether oxygens (including phenoxy) is 1. The molecule has 1 N–H and O–H groups in total. The van der Waals surface area contributed by atoms with Gasteiger partial charge in [0.1, 0.15) is 5.58 Å². The Hall–Kier alpha value is -2.63. The first kappa shape index (κ1) is 17.8. The number of nitrogens with one attached hydrogen (secondary N) is 1. The lowest BCUT2D eigenvalue weighted by molar-refractivity contribution is 0.0340. The molecule has 1 fully saturated rings. The Morgan fingerprint density at radius 3 is 2.52 bits per heavy atom. The van der Waals surface area contributed by atoms with Crippen LogP contribution < -0.4 is 5.32 Å². The number of furan rings is 1. The van der Waals surface area contributed by atoms with Gasteiger partial charge >= 0.3 is 0 Å². The van der Waals surface area contributed by atoms with E-state index in [2.05, 4.69) is 22.3 Å². The van der Waals surface area contributed by atoms with Crippen LogP contribution >= 0.6 is 0 Å². The van der Waals surface area contributed by atoms with E-state index in [-0.39, 0.29) is 5.91 Å². The van der Waals surface area contributed by atoms with Crippen molar-refractivity contribution in [1.29, 1.82) is 0 Å². The van der Waals surface area contributed by atoms with Gasteiger partial charge in [-0.05, 0) is 24.1 Å². The smallest absolute Gasteiger partial charge is 0.287 e. The molecular formula is C22H24N2O3. The Labute approximate surface area is 158 Å². The number of carbonyl (C=O) groups excluding carboxylic acids is 1. The Kier molecular flexibility index (Phi) is 5.23. The Morgan fingerprint density at radius 1 is 1.04 bits per heavy atom. The number of fused-ring (bicyclic) bond motifs is 1. The summed E-state index contributed by atoms with van der Waals surface area (Å²) in [5.74, 6) is 0.215. The predicted molar refractivity (Wildman–Crippen MR) is 105 cm³/mol. The number of para-hydroxylation sites is 1. The zero-order chi connectivity index (χ0) is 18.6. The Balaban J connectivity index is 1.46. The molecule has 2 aromatic carbocycles. The standard InChI is InChI=1S/C22H24N2O3/c1-16-19-8-4-5-9-20(19)27-21(16)22(25)23-14-17-6-2-3-7-18(17)15-24-10-12-26-13-11-24/h2-9H,10-15H2,1H3,(H,23,25). The van der Waals surface area contributed by atoms with Gasteiger partial charge in [0.25, 0.3) is 5.91 Å². The third kappa shape index (κ3) is 3.89. The molecule has 5 heteroatoms. The highest BCUT2D eigenvalue weighted by atomic mass is 16.5. The highest BCUT2D eigenvalue weighted by Crippen LogP contribution is 2.25. The van der Waals surface area contributed by atoms with E-state index >= 15 is 0 Å². The van der Waals surface area contributed by atoms with E-state index in [4.69, 9.17) is 9.15 Å². The summed E-state index contributed by atoms with van der Waals surface area (Å²) >= 11 is 0. The maximum absolute atomic E-state index is 12.7.